The number of aryl methyl sites for hydroxylation is 1. The van der Waals surface area contributed by atoms with Gasteiger partial charge in [0.2, 0.25) is 5.91 Å². The van der Waals surface area contributed by atoms with Crippen LogP contribution in [0.15, 0.2) is 53.5 Å². The minimum atomic E-state index is -0.109. The molecule has 0 bridgehead atoms. The summed E-state index contributed by atoms with van der Waals surface area (Å²) in [6.45, 7) is 3.88. The fraction of sp³-hybridized carbons (Fsp3) is 0.333. The van der Waals surface area contributed by atoms with Crippen molar-refractivity contribution < 1.29 is 14.3 Å². The largest absolute Gasteiger partial charge is 0.497 e. The third-order valence-corrected chi connectivity index (χ3v) is 5.29. The monoisotopic (exact) mass is 384 g/mol. The fourth-order valence-corrected chi connectivity index (χ4v) is 3.94. The molecule has 0 atom stereocenters. The van der Waals surface area contributed by atoms with Gasteiger partial charge in [-0.1, -0.05) is 41.7 Å². The van der Waals surface area contributed by atoms with Crippen LogP contribution in [-0.2, 0) is 22.5 Å². The van der Waals surface area contributed by atoms with Crippen molar-refractivity contribution in [3.63, 3.8) is 0 Å². The number of carbonyl (C=O) groups is 1. The van der Waals surface area contributed by atoms with Crippen LogP contribution in [0.25, 0.3) is 10.2 Å². The molecule has 2 aromatic carbocycles. The van der Waals surface area contributed by atoms with E-state index in [0.717, 1.165) is 21.5 Å². The Morgan fingerprint density at radius 2 is 2.00 bits per heavy atom. The first-order valence-electron chi connectivity index (χ1n) is 9.08. The SMILES string of the molecule is CCOCCn1c(=NC(=O)CCc2ccccc2)sc2cc(OC)ccc21. The molecule has 0 unspecified atom stereocenters. The van der Waals surface area contributed by atoms with Crippen molar-refractivity contribution >= 4 is 27.5 Å². The van der Waals surface area contributed by atoms with Gasteiger partial charge in [0.05, 0.1) is 23.9 Å². The van der Waals surface area contributed by atoms with Gasteiger partial charge in [-0.3, -0.25) is 4.79 Å². The predicted octanol–water partition coefficient (Wildman–Crippen LogP) is 3.81. The van der Waals surface area contributed by atoms with Crippen LogP contribution in [0.2, 0.25) is 0 Å². The summed E-state index contributed by atoms with van der Waals surface area (Å²) < 4.78 is 13.9. The van der Waals surface area contributed by atoms with E-state index in [0.29, 0.717) is 37.4 Å². The van der Waals surface area contributed by atoms with Crippen molar-refractivity contribution in [2.75, 3.05) is 20.3 Å². The van der Waals surface area contributed by atoms with Crippen molar-refractivity contribution in [2.45, 2.75) is 26.3 Å². The number of benzene rings is 2. The summed E-state index contributed by atoms with van der Waals surface area (Å²) in [4.78, 5) is 17.5. The first-order chi connectivity index (χ1) is 13.2. The highest BCUT2D eigenvalue weighted by Crippen LogP contribution is 2.23. The Bertz CT molecular complexity index is 960. The normalized spacial score (nSPS) is 11.9. The lowest BCUT2D eigenvalue weighted by Crippen LogP contribution is -2.19. The molecule has 142 valence electrons. The molecule has 1 amide bonds. The number of ether oxygens (including phenoxy) is 2. The Hall–Kier alpha value is -2.44. The quantitative estimate of drug-likeness (QED) is 0.555. The van der Waals surface area contributed by atoms with Gasteiger partial charge in [-0.25, -0.2) is 0 Å². The van der Waals surface area contributed by atoms with E-state index in [1.807, 2.05) is 55.5 Å². The van der Waals surface area contributed by atoms with Crippen LogP contribution < -0.4 is 9.54 Å². The number of hydrogen-bond acceptors (Lipinski definition) is 4. The van der Waals surface area contributed by atoms with Crippen LogP contribution in [0.5, 0.6) is 5.75 Å². The predicted molar refractivity (Wildman–Crippen MR) is 108 cm³/mol. The molecule has 27 heavy (non-hydrogen) atoms. The van der Waals surface area contributed by atoms with E-state index in [9.17, 15) is 4.79 Å². The Balaban J connectivity index is 1.86. The number of nitrogens with zero attached hydrogens (tertiary/aromatic N) is 2. The third-order valence-electron chi connectivity index (χ3n) is 4.24. The van der Waals surface area contributed by atoms with Gasteiger partial charge in [0.15, 0.2) is 4.80 Å². The molecule has 3 rings (SSSR count). The molecule has 0 radical (unpaired) electrons. The van der Waals surface area contributed by atoms with Crippen molar-refractivity contribution in [1.82, 2.24) is 4.57 Å². The average Bonchev–Trinajstić information content (AvgIpc) is 3.03. The molecule has 3 aromatic rings. The van der Waals surface area contributed by atoms with Crippen LogP contribution in [0.3, 0.4) is 0 Å². The van der Waals surface area contributed by atoms with Gasteiger partial charge in [-0.15, -0.1) is 0 Å². The number of rotatable bonds is 8. The van der Waals surface area contributed by atoms with Gasteiger partial charge in [-0.2, -0.15) is 4.99 Å². The molecule has 5 nitrogen and oxygen atoms in total. The summed E-state index contributed by atoms with van der Waals surface area (Å²) in [6, 6.07) is 15.9. The lowest BCUT2D eigenvalue weighted by molar-refractivity contribution is -0.118. The van der Waals surface area contributed by atoms with E-state index in [4.69, 9.17) is 9.47 Å². The Kier molecular flexibility index (Phi) is 6.79. The third kappa shape index (κ3) is 5.05. The maximum Gasteiger partial charge on any atom is 0.248 e. The summed E-state index contributed by atoms with van der Waals surface area (Å²) in [5.74, 6) is 0.685. The van der Waals surface area contributed by atoms with E-state index in [-0.39, 0.29) is 5.91 Å². The van der Waals surface area contributed by atoms with Gasteiger partial charge in [0.25, 0.3) is 0 Å². The lowest BCUT2D eigenvalue weighted by atomic mass is 10.1. The highest BCUT2D eigenvalue weighted by molar-refractivity contribution is 7.16. The number of thiazole rings is 1. The van der Waals surface area contributed by atoms with Gasteiger partial charge in [-0.05, 0) is 37.1 Å². The summed E-state index contributed by atoms with van der Waals surface area (Å²) >= 11 is 1.50. The van der Waals surface area contributed by atoms with Crippen LogP contribution in [-0.4, -0.2) is 30.8 Å². The topological polar surface area (TPSA) is 52.8 Å². The number of hydrogen-bond donors (Lipinski definition) is 0. The number of carbonyl (C=O) groups excluding carboxylic acids is 1. The van der Waals surface area contributed by atoms with Gasteiger partial charge in [0, 0.05) is 19.6 Å². The molecule has 0 aliphatic rings. The van der Waals surface area contributed by atoms with E-state index < -0.39 is 0 Å². The first kappa shape index (κ1) is 19.3. The van der Waals surface area contributed by atoms with E-state index in [1.54, 1.807) is 7.11 Å². The Morgan fingerprint density at radius 1 is 1.19 bits per heavy atom. The molecule has 0 fully saturated rings. The molecule has 0 N–H and O–H groups in total. The molecule has 0 saturated heterocycles. The van der Waals surface area contributed by atoms with Crippen molar-refractivity contribution in [1.29, 1.82) is 0 Å². The molecule has 0 aliphatic carbocycles. The minimum Gasteiger partial charge on any atom is -0.497 e. The second-order valence-corrected chi connectivity index (χ2v) is 7.07. The molecular weight excluding hydrogens is 360 g/mol. The summed E-state index contributed by atoms with van der Waals surface area (Å²) in [5.41, 5.74) is 2.18. The highest BCUT2D eigenvalue weighted by Gasteiger charge is 2.09. The summed E-state index contributed by atoms with van der Waals surface area (Å²) in [6.07, 6.45) is 1.09. The van der Waals surface area contributed by atoms with Crippen molar-refractivity contribution in [3.8, 4) is 5.75 Å². The molecular formula is C21H24N2O3S. The average molecular weight is 385 g/mol. The fourth-order valence-electron chi connectivity index (χ4n) is 2.84. The highest BCUT2D eigenvalue weighted by atomic mass is 32.1. The smallest absolute Gasteiger partial charge is 0.248 e. The zero-order chi connectivity index (χ0) is 19.1. The Morgan fingerprint density at radius 3 is 2.74 bits per heavy atom. The van der Waals surface area contributed by atoms with Gasteiger partial charge >= 0.3 is 0 Å². The van der Waals surface area contributed by atoms with Crippen LogP contribution in [0.4, 0.5) is 0 Å². The van der Waals surface area contributed by atoms with E-state index in [1.165, 1.54) is 11.3 Å². The van der Waals surface area contributed by atoms with Crippen LogP contribution >= 0.6 is 11.3 Å². The lowest BCUT2D eigenvalue weighted by Gasteiger charge is -2.06. The zero-order valence-electron chi connectivity index (χ0n) is 15.7. The molecule has 1 heterocycles. The van der Waals surface area contributed by atoms with Crippen molar-refractivity contribution in [3.05, 3.63) is 58.9 Å². The standard InChI is InChI=1S/C21H24N2O3S/c1-3-26-14-13-23-18-11-10-17(25-2)15-19(18)27-21(23)22-20(24)12-9-16-7-5-4-6-8-16/h4-8,10-11,15H,3,9,12-14H2,1-2H3. The maximum atomic E-state index is 12.4. The maximum absolute atomic E-state index is 12.4. The van der Waals surface area contributed by atoms with Crippen molar-refractivity contribution in [2.24, 2.45) is 4.99 Å². The molecule has 1 aromatic heterocycles. The van der Waals surface area contributed by atoms with Gasteiger partial charge in [0.1, 0.15) is 5.75 Å². The van der Waals surface area contributed by atoms with Gasteiger partial charge < -0.3 is 14.0 Å². The number of amides is 1. The second kappa shape index (κ2) is 9.48. The molecule has 0 spiro atoms. The molecule has 6 heteroatoms. The van der Waals surface area contributed by atoms with E-state index in [2.05, 4.69) is 9.56 Å². The summed E-state index contributed by atoms with van der Waals surface area (Å²) in [7, 11) is 1.65. The second-order valence-electron chi connectivity index (χ2n) is 6.06. The Labute approximate surface area is 162 Å². The zero-order valence-corrected chi connectivity index (χ0v) is 16.5. The number of methoxy groups -OCH3 is 1. The van der Waals surface area contributed by atoms with Crippen LogP contribution in [0, 0.1) is 0 Å². The summed E-state index contributed by atoms with van der Waals surface area (Å²) in [5, 5.41) is 0. The first-order valence-corrected chi connectivity index (χ1v) is 9.89. The molecule has 0 aliphatic heterocycles. The number of fused-ring (bicyclic) bond motifs is 1. The molecule has 0 saturated carbocycles. The minimum absolute atomic E-state index is 0.109. The number of aromatic nitrogens is 1. The van der Waals surface area contributed by atoms with E-state index >= 15 is 0 Å². The van der Waals surface area contributed by atoms with Crippen LogP contribution in [0.1, 0.15) is 18.9 Å².